The molecule has 1 heterocycles. The number of furan rings is 1. The summed E-state index contributed by atoms with van der Waals surface area (Å²) in [5.41, 5.74) is 0.913. The third kappa shape index (κ3) is 2.86. The third-order valence-corrected chi connectivity index (χ3v) is 2.97. The van der Waals surface area contributed by atoms with Crippen molar-refractivity contribution in [1.29, 1.82) is 0 Å². The van der Waals surface area contributed by atoms with Crippen LogP contribution in [0.15, 0.2) is 34.7 Å². The Morgan fingerprint density at radius 2 is 2.11 bits per heavy atom. The topological polar surface area (TPSA) is 42.6 Å². The van der Waals surface area contributed by atoms with E-state index in [0.717, 1.165) is 23.5 Å². The number of rotatable bonds is 5. The molecule has 0 fully saturated rings. The zero-order valence-corrected chi connectivity index (χ0v) is 10.9. The Hall–Kier alpha value is -1.45. The predicted octanol–water partition coefficient (Wildman–Crippen LogP) is 3.53. The second-order valence-corrected chi connectivity index (χ2v) is 4.35. The van der Waals surface area contributed by atoms with Crippen LogP contribution >= 0.6 is 11.6 Å². The summed E-state index contributed by atoms with van der Waals surface area (Å²) >= 11 is 6.07. The smallest absolute Gasteiger partial charge is 0.137 e. The van der Waals surface area contributed by atoms with Crippen LogP contribution in [0.5, 0.6) is 5.75 Å². The molecule has 0 atom stereocenters. The maximum atomic E-state index is 8.77. The minimum absolute atomic E-state index is 0.171. The van der Waals surface area contributed by atoms with Gasteiger partial charge in [-0.3, -0.25) is 0 Å². The van der Waals surface area contributed by atoms with Crippen molar-refractivity contribution in [3.8, 4) is 17.1 Å². The number of hydrogen-bond acceptors (Lipinski definition) is 3. The molecule has 4 heteroatoms. The molecule has 18 heavy (non-hydrogen) atoms. The highest BCUT2D eigenvalue weighted by atomic mass is 35.5. The number of methoxy groups -OCH3 is 1. The fourth-order valence-corrected chi connectivity index (χ4v) is 2.00. The molecule has 0 aliphatic heterocycles. The van der Waals surface area contributed by atoms with Crippen LogP contribution in [0.25, 0.3) is 11.3 Å². The lowest BCUT2D eigenvalue weighted by Crippen LogP contribution is -1.86. The van der Waals surface area contributed by atoms with Crippen molar-refractivity contribution in [2.75, 3.05) is 13.7 Å². The van der Waals surface area contributed by atoms with Crippen molar-refractivity contribution in [3.05, 3.63) is 41.1 Å². The normalized spacial score (nSPS) is 10.6. The molecule has 0 amide bonds. The fraction of sp³-hybridized carbons (Fsp3) is 0.286. The maximum absolute atomic E-state index is 8.77. The van der Waals surface area contributed by atoms with Gasteiger partial charge in [0.25, 0.3) is 0 Å². The maximum Gasteiger partial charge on any atom is 0.137 e. The number of aryl methyl sites for hydroxylation is 1. The summed E-state index contributed by atoms with van der Waals surface area (Å²) in [4.78, 5) is 0. The van der Waals surface area contributed by atoms with Crippen molar-refractivity contribution in [2.24, 2.45) is 0 Å². The molecule has 2 aromatic rings. The molecule has 0 bridgehead atoms. The van der Waals surface area contributed by atoms with Crippen LogP contribution in [0.4, 0.5) is 0 Å². The Morgan fingerprint density at radius 3 is 2.78 bits per heavy atom. The molecular formula is C14H15ClO3. The van der Waals surface area contributed by atoms with Gasteiger partial charge in [0, 0.05) is 18.6 Å². The Morgan fingerprint density at radius 1 is 1.28 bits per heavy atom. The Balaban J connectivity index is 2.20. The van der Waals surface area contributed by atoms with Gasteiger partial charge in [0.1, 0.15) is 17.3 Å². The quantitative estimate of drug-likeness (QED) is 0.900. The van der Waals surface area contributed by atoms with E-state index >= 15 is 0 Å². The van der Waals surface area contributed by atoms with E-state index in [-0.39, 0.29) is 6.61 Å². The van der Waals surface area contributed by atoms with Crippen molar-refractivity contribution in [3.63, 3.8) is 0 Å². The zero-order valence-electron chi connectivity index (χ0n) is 10.1. The summed E-state index contributed by atoms with van der Waals surface area (Å²) in [7, 11) is 1.58. The average molecular weight is 267 g/mol. The number of hydrogen-bond donors (Lipinski definition) is 1. The van der Waals surface area contributed by atoms with Crippen LogP contribution in [0.1, 0.15) is 12.2 Å². The van der Waals surface area contributed by atoms with Crippen LogP contribution in [0.3, 0.4) is 0 Å². The summed E-state index contributed by atoms with van der Waals surface area (Å²) < 4.78 is 10.8. The highest BCUT2D eigenvalue weighted by Crippen LogP contribution is 2.31. The first-order valence-electron chi connectivity index (χ1n) is 5.78. The Labute approximate surface area is 111 Å². The van der Waals surface area contributed by atoms with Crippen molar-refractivity contribution in [1.82, 2.24) is 0 Å². The molecule has 0 saturated heterocycles. The highest BCUT2D eigenvalue weighted by Gasteiger charge is 2.07. The molecule has 0 saturated carbocycles. The van der Waals surface area contributed by atoms with Gasteiger partial charge >= 0.3 is 0 Å². The van der Waals surface area contributed by atoms with Crippen LogP contribution in [-0.2, 0) is 6.42 Å². The first-order chi connectivity index (χ1) is 8.74. The average Bonchev–Trinajstić information content (AvgIpc) is 2.85. The molecule has 1 N–H and O–H groups in total. The van der Waals surface area contributed by atoms with E-state index in [0.29, 0.717) is 17.2 Å². The molecule has 2 rings (SSSR count). The first kappa shape index (κ1) is 13.0. The fourth-order valence-electron chi connectivity index (χ4n) is 1.74. The molecule has 0 aliphatic rings. The predicted molar refractivity (Wildman–Crippen MR) is 71.1 cm³/mol. The summed E-state index contributed by atoms with van der Waals surface area (Å²) in [6.07, 6.45) is 1.44. The van der Waals surface area contributed by atoms with Crippen molar-refractivity contribution >= 4 is 11.6 Å². The molecule has 3 nitrogen and oxygen atoms in total. The minimum atomic E-state index is 0.171. The first-order valence-corrected chi connectivity index (χ1v) is 6.16. The van der Waals surface area contributed by atoms with E-state index in [9.17, 15) is 0 Å². The second-order valence-electron chi connectivity index (χ2n) is 3.94. The van der Waals surface area contributed by atoms with Gasteiger partial charge in [-0.1, -0.05) is 11.6 Å². The zero-order chi connectivity index (χ0) is 13.0. The van der Waals surface area contributed by atoms with E-state index in [2.05, 4.69) is 0 Å². The molecule has 0 aliphatic carbocycles. The lowest BCUT2D eigenvalue weighted by atomic mass is 10.1. The molecule has 1 aromatic heterocycles. The number of ether oxygens (including phenoxy) is 1. The third-order valence-electron chi connectivity index (χ3n) is 2.68. The Bertz CT molecular complexity index is 520. The number of benzene rings is 1. The van der Waals surface area contributed by atoms with E-state index in [4.69, 9.17) is 25.9 Å². The van der Waals surface area contributed by atoms with Gasteiger partial charge in [-0.25, -0.2) is 0 Å². The van der Waals surface area contributed by atoms with Gasteiger partial charge in [-0.05, 0) is 36.8 Å². The number of aliphatic hydroxyl groups is 1. The largest absolute Gasteiger partial charge is 0.495 e. The molecular weight excluding hydrogens is 252 g/mol. The minimum Gasteiger partial charge on any atom is -0.495 e. The Kier molecular flexibility index (Phi) is 4.28. The molecule has 1 aromatic carbocycles. The van der Waals surface area contributed by atoms with E-state index in [1.54, 1.807) is 7.11 Å². The molecule has 0 unspecified atom stereocenters. The molecule has 96 valence electrons. The summed E-state index contributed by atoms with van der Waals surface area (Å²) in [5.74, 6) is 2.28. The van der Waals surface area contributed by atoms with Gasteiger partial charge < -0.3 is 14.3 Å². The number of halogens is 1. The van der Waals surface area contributed by atoms with Crippen LogP contribution in [0, 0.1) is 0 Å². The summed E-state index contributed by atoms with van der Waals surface area (Å²) in [5, 5.41) is 9.33. The van der Waals surface area contributed by atoms with E-state index in [1.807, 2.05) is 30.3 Å². The number of aliphatic hydroxyl groups excluding tert-OH is 1. The summed E-state index contributed by atoms with van der Waals surface area (Å²) in [6, 6.07) is 9.36. The SMILES string of the molecule is COc1ccc(-c2ccc(CCCO)o2)cc1Cl. The van der Waals surface area contributed by atoms with Gasteiger partial charge in [0.2, 0.25) is 0 Å². The lowest BCUT2D eigenvalue weighted by Gasteiger charge is -2.04. The molecule has 0 radical (unpaired) electrons. The van der Waals surface area contributed by atoms with Crippen LogP contribution in [0.2, 0.25) is 5.02 Å². The van der Waals surface area contributed by atoms with E-state index in [1.165, 1.54) is 0 Å². The lowest BCUT2D eigenvalue weighted by molar-refractivity contribution is 0.284. The monoisotopic (exact) mass is 266 g/mol. The van der Waals surface area contributed by atoms with Gasteiger partial charge in [-0.15, -0.1) is 0 Å². The van der Waals surface area contributed by atoms with Crippen LogP contribution < -0.4 is 4.74 Å². The van der Waals surface area contributed by atoms with Crippen LogP contribution in [-0.4, -0.2) is 18.8 Å². The molecule has 0 spiro atoms. The summed E-state index contributed by atoms with van der Waals surface area (Å²) in [6.45, 7) is 0.171. The highest BCUT2D eigenvalue weighted by molar-refractivity contribution is 6.32. The second kappa shape index (κ2) is 5.94. The van der Waals surface area contributed by atoms with Crippen molar-refractivity contribution < 1.29 is 14.3 Å². The van der Waals surface area contributed by atoms with Gasteiger partial charge in [0.05, 0.1) is 12.1 Å². The van der Waals surface area contributed by atoms with Gasteiger partial charge in [-0.2, -0.15) is 0 Å². The van der Waals surface area contributed by atoms with Gasteiger partial charge in [0.15, 0.2) is 0 Å². The van der Waals surface area contributed by atoms with E-state index < -0.39 is 0 Å². The van der Waals surface area contributed by atoms with Crippen molar-refractivity contribution in [2.45, 2.75) is 12.8 Å². The standard InChI is InChI=1S/C14H15ClO3/c1-17-14-6-4-10(9-12(14)15)13-7-5-11(18-13)3-2-8-16/h4-7,9,16H,2-3,8H2,1H3.